The third-order valence-electron chi connectivity index (χ3n) is 3.75. The molecule has 6 heteroatoms. The second-order valence-electron chi connectivity index (χ2n) is 5.48. The molecule has 0 bridgehead atoms. The van der Waals surface area contributed by atoms with Crippen molar-refractivity contribution >= 4 is 18.0 Å². The number of anilines is 1. The number of carbonyl (C=O) groups excluding carboxylic acids is 1. The minimum atomic E-state index is -0.733. The summed E-state index contributed by atoms with van der Waals surface area (Å²) in [4.78, 5) is 10.6. The highest BCUT2D eigenvalue weighted by molar-refractivity contribution is 5.81. The number of carbonyl (C=O) groups is 1. The molecule has 6 nitrogen and oxygen atoms in total. The fourth-order valence-electron chi connectivity index (χ4n) is 2.51. The zero-order chi connectivity index (χ0) is 17.8. The van der Waals surface area contributed by atoms with Gasteiger partial charge in [0.1, 0.15) is 12.0 Å². The fourth-order valence-corrected chi connectivity index (χ4v) is 2.51. The molecule has 1 atom stereocenters. The van der Waals surface area contributed by atoms with Crippen LogP contribution in [0.4, 0.5) is 5.69 Å². The normalized spacial score (nSPS) is 12.5. The number of aliphatic hydroxyl groups is 1. The Morgan fingerprint density at radius 1 is 1.29 bits per heavy atom. The molecule has 4 N–H and O–H groups in total. The highest BCUT2D eigenvalue weighted by atomic mass is 16.5. The molecule has 1 unspecified atom stereocenters. The van der Waals surface area contributed by atoms with E-state index < -0.39 is 6.10 Å². The van der Waals surface area contributed by atoms with Crippen LogP contribution in [0, 0.1) is 0 Å². The molecule has 134 valence electrons. The molecule has 1 rings (SSSR count). The number of phenols is 1. The first-order valence-electron chi connectivity index (χ1n) is 8.18. The average Bonchev–Trinajstić information content (AvgIpc) is 2.58. The molecule has 0 amide bonds. The van der Waals surface area contributed by atoms with Crippen molar-refractivity contribution in [3.05, 3.63) is 29.3 Å². The van der Waals surface area contributed by atoms with Crippen LogP contribution in [0.15, 0.2) is 18.2 Å². The van der Waals surface area contributed by atoms with Gasteiger partial charge in [-0.25, -0.2) is 0 Å². The maximum atomic E-state index is 10.6. The van der Waals surface area contributed by atoms with Crippen LogP contribution in [0.2, 0.25) is 0 Å². The van der Waals surface area contributed by atoms with E-state index in [-0.39, 0.29) is 5.75 Å². The van der Waals surface area contributed by atoms with Crippen molar-refractivity contribution in [2.24, 2.45) is 0 Å². The maximum Gasteiger partial charge on any atom is 0.142 e. The second kappa shape index (κ2) is 11.6. The maximum absolute atomic E-state index is 10.6. The van der Waals surface area contributed by atoms with Gasteiger partial charge in [0.15, 0.2) is 0 Å². The van der Waals surface area contributed by atoms with Gasteiger partial charge < -0.3 is 25.6 Å². The van der Waals surface area contributed by atoms with Crippen LogP contribution in [0.1, 0.15) is 36.5 Å². The molecule has 0 radical (unpaired) electrons. The van der Waals surface area contributed by atoms with Crippen molar-refractivity contribution in [2.75, 3.05) is 39.2 Å². The summed E-state index contributed by atoms with van der Waals surface area (Å²) < 4.78 is 5.00. The van der Waals surface area contributed by atoms with E-state index in [0.717, 1.165) is 32.4 Å². The molecule has 0 aromatic heterocycles. The monoisotopic (exact) mass is 336 g/mol. The summed E-state index contributed by atoms with van der Waals surface area (Å²) in [5, 5.41) is 26.5. The molecule has 0 fully saturated rings. The van der Waals surface area contributed by atoms with Gasteiger partial charge in [0.05, 0.1) is 11.8 Å². The van der Waals surface area contributed by atoms with Crippen LogP contribution in [0.25, 0.3) is 6.08 Å². The van der Waals surface area contributed by atoms with Gasteiger partial charge in [-0.15, -0.1) is 0 Å². The molecule has 0 saturated heterocycles. The summed E-state index contributed by atoms with van der Waals surface area (Å²) in [5.41, 5.74) is 1.75. The van der Waals surface area contributed by atoms with E-state index in [4.69, 9.17) is 4.74 Å². The third-order valence-corrected chi connectivity index (χ3v) is 3.75. The predicted molar refractivity (Wildman–Crippen MR) is 96.3 cm³/mol. The number of rotatable bonds is 12. The van der Waals surface area contributed by atoms with Crippen molar-refractivity contribution in [3.63, 3.8) is 0 Å². The first-order chi connectivity index (χ1) is 11.7. The molecule has 0 heterocycles. The summed E-state index contributed by atoms with van der Waals surface area (Å²) in [6.07, 6.45) is 5.99. The number of unbranched alkanes of at least 4 members (excludes halogenated alkanes) is 2. The average molecular weight is 336 g/mol. The van der Waals surface area contributed by atoms with E-state index in [1.54, 1.807) is 26.3 Å². The lowest BCUT2D eigenvalue weighted by molar-refractivity contribution is -0.104. The van der Waals surface area contributed by atoms with Crippen LogP contribution in [-0.4, -0.2) is 50.4 Å². The molecule has 1 aromatic rings. The number of phenolic OH excluding ortho intramolecular Hbond substituents is 1. The quantitative estimate of drug-likeness (QED) is 0.202. The Bertz CT molecular complexity index is 532. The lowest BCUT2D eigenvalue weighted by Gasteiger charge is -2.18. The Morgan fingerprint density at radius 2 is 2.08 bits per heavy atom. The van der Waals surface area contributed by atoms with E-state index in [0.29, 0.717) is 29.6 Å². The highest BCUT2D eigenvalue weighted by Gasteiger charge is 2.16. The van der Waals surface area contributed by atoms with Gasteiger partial charge in [0.2, 0.25) is 0 Å². The van der Waals surface area contributed by atoms with Gasteiger partial charge in [-0.05, 0) is 49.6 Å². The fraction of sp³-hybridized carbons (Fsp3) is 0.500. The Balaban J connectivity index is 2.67. The summed E-state index contributed by atoms with van der Waals surface area (Å²) in [5.74, 6) is 0.0742. The number of aldehydes is 1. The largest absolute Gasteiger partial charge is 0.506 e. The number of methoxy groups -OCH3 is 1. The zero-order valence-corrected chi connectivity index (χ0v) is 14.4. The molecular formula is C18H28N2O4. The summed E-state index contributed by atoms with van der Waals surface area (Å²) in [6, 6.07) is 3.21. The third kappa shape index (κ3) is 6.31. The molecule has 1 aromatic carbocycles. The molecule has 0 aliphatic heterocycles. The summed E-state index contributed by atoms with van der Waals surface area (Å²) in [6.45, 7) is 1.99. The number of nitrogens with one attached hydrogen (secondary N) is 2. The molecule has 0 aliphatic rings. The SMILES string of the molecule is CNc1c(O)ccc(C(O)CNCCCCCOC)c1/C=C\C=O. The van der Waals surface area contributed by atoms with Crippen molar-refractivity contribution in [3.8, 4) is 5.75 Å². The van der Waals surface area contributed by atoms with Crippen LogP contribution < -0.4 is 10.6 Å². The number of hydrogen-bond acceptors (Lipinski definition) is 6. The Hall–Kier alpha value is -1.89. The van der Waals surface area contributed by atoms with E-state index in [1.165, 1.54) is 12.1 Å². The molecular weight excluding hydrogens is 308 g/mol. The molecule has 24 heavy (non-hydrogen) atoms. The first-order valence-corrected chi connectivity index (χ1v) is 8.18. The highest BCUT2D eigenvalue weighted by Crippen LogP contribution is 2.33. The van der Waals surface area contributed by atoms with E-state index in [2.05, 4.69) is 10.6 Å². The van der Waals surface area contributed by atoms with E-state index in [1.807, 2.05) is 0 Å². The van der Waals surface area contributed by atoms with Crippen molar-refractivity contribution < 1.29 is 19.7 Å². The van der Waals surface area contributed by atoms with Gasteiger partial charge >= 0.3 is 0 Å². The molecule has 0 spiro atoms. The Morgan fingerprint density at radius 3 is 2.75 bits per heavy atom. The standard InChI is InChI=1S/C18H28N2O4/c1-19-18-15(7-6-11-21)14(8-9-16(18)22)17(23)13-20-10-4-3-5-12-24-2/h6-9,11,17,19-20,22-23H,3-5,10,12-13H2,1-2H3/b7-6-. The lowest BCUT2D eigenvalue weighted by Crippen LogP contribution is -2.23. The predicted octanol–water partition coefficient (Wildman–Crippen LogP) is 2.09. The number of aromatic hydroxyl groups is 1. The van der Waals surface area contributed by atoms with E-state index >= 15 is 0 Å². The zero-order valence-electron chi connectivity index (χ0n) is 14.4. The Labute approximate surface area is 143 Å². The first kappa shape index (κ1) is 20.2. The van der Waals surface area contributed by atoms with Crippen molar-refractivity contribution in [1.29, 1.82) is 0 Å². The van der Waals surface area contributed by atoms with Crippen LogP contribution >= 0.6 is 0 Å². The Kier molecular flexibility index (Phi) is 9.76. The van der Waals surface area contributed by atoms with Gasteiger partial charge in [0.25, 0.3) is 0 Å². The number of aliphatic hydroxyl groups excluding tert-OH is 1. The van der Waals surface area contributed by atoms with Crippen molar-refractivity contribution in [2.45, 2.75) is 25.4 Å². The minimum absolute atomic E-state index is 0.0742. The number of benzene rings is 1. The molecule has 0 aliphatic carbocycles. The van der Waals surface area contributed by atoms with Gasteiger partial charge in [-0.1, -0.05) is 6.07 Å². The van der Waals surface area contributed by atoms with Gasteiger partial charge in [-0.2, -0.15) is 0 Å². The molecule has 0 saturated carbocycles. The lowest BCUT2D eigenvalue weighted by atomic mass is 9.99. The summed E-state index contributed by atoms with van der Waals surface area (Å²) in [7, 11) is 3.38. The van der Waals surface area contributed by atoms with E-state index in [9.17, 15) is 15.0 Å². The van der Waals surface area contributed by atoms with Crippen LogP contribution in [0.5, 0.6) is 5.75 Å². The minimum Gasteiger partial charge on any atom is -0.506 e. The smallest absolute Gasteiger partial charge is 0.142 e. The number of allylic oxidation sites excluding steroid dienone is 1. The van der Waals surface area contributed by atoms with Gasteiger partial charge in [0, 0.05) is 32.9 Å². The number of hydrogen-bond donors (Lipinski definition) is 4. The topological polar surface area (TPSA) is 90.8 Å². The van der Waals surface area contributed by atoms with Crippen molar-refractivity contribution in [1.82, 2.24) is 5.32 Å². The van der Waals surface area contributed by atoms with Crippen LogP contribution in [0.3, 0.4) is 0 Å². The van der Waals surface area contributed by atoms with Crippen LogP contribution in [-0.2, 0) is 9.53 Å². The van der Waals surface area contributed by atoms with Gasteiger partial charge in [-0.3, -0.25) is 4.79 Å². The summed E-state index contributed by atoms with van der Waals surface area (Å²) >= 11 is 0. The second-order valence-corrected chi connectivity index (χ2v) is 5.48. The number of ether oxygens (including phenoxy) is 1.